The molecule has 7 heteroatoms. The van der Waals surface area contributed by atoms with Crippen LogP contribution >= 0.6 is 23.2 Å². The average Bonchev–Trinajstić information content (AvgIpc) is 2.44. The first-order chi connectivity index (χ1) is 11.1. The molecule has 0 spiro atoms. The van der Waals surface area contributed by atoms with Crippen LogP contribution < -0.4 is 10.6 Å². The van der Waals surface area contributed by atoms with Gasteiger partial charge in [-0.2, -0.15) is 0 Å². The lowest BCUT2D eigenvalue weighted by atomic mass is 10.1. The van der Waals surface area contributed by atoms with Crippen molar-refractivity contribution in [1.82, 2.24) is 10.3 Å². The largest absolute Gasteiger partial charge is 0.346 e. The van der Waals surface area contributed by atoms with Gasteiger partial charge in [0.2, 0.25) is 0 Å². The van der Waals surface area contributed by atoms with Crippen molar-refractivity contribution in [3.05, 3.63) is 57.8 Å². The molecular weight excluding hydrogens is 349 g/mol. The fourth-order valence-corrected chi connectivity index (χ4v) is 2.46. The summed E-state index contributed by atoms with van der Waals surface area (Å²) in [6.45, 7) is 5.60. The van der Waals surface area contributed by atoms with Crippen LogP contribution in [0.2, 0.25) is 10.0 Å². The number of carbonyl (C=O) groups excluding carboxylic acids is 2. The smallest absolute Gasteiger partial charge is 0.270 e. The van der Waals surface area contributed by atoms with Gasteiger partial charge < -0.3 is 10.6 Å². The summed E-state index contributed by atoms with van der Waals surface area (Å²) in [6.07, 6.45) is 1.41. The Morgan fingerprint density at radius 1 is 1.00 bits per heavy atom. The summed E-state index contributed by atoms with van der Waals surface area (Å²) in [7, 11) is 0. The van der Waals surface area contributed by atoms with Crippen LogP contribution in [0.15, 0.2) is 36.5 Å². The van der Waals surface area contributed by atoms with Crippen LogP contribution in [0.4, 0.5) is 5.69 Å². The summed E-state index contributed by atoms with van der Waals surface area (Å²) in [5.41, 5.74) is 0.547. The summed E-state index contributed by atoms with van der Waals surface area (Å²) >= 11 is 11.8. The van der Waals surface area contributed by atoms with Crippen LogP contribution in [0.25, 0.3) is 0 Å². The zero-order chi connectivity index (χ0) is 17.9. The molecule has 5 nitrogen and oxygen atoms in total. The van der Waals surface area contributed by atoms with Gasteiger partial charge in [0.05, 0.1) is 0 Å². The van der Waals surface area contributed by atoms with Crippen molar-refractivity contribution >= 4 is 40.7 Å². The highest BCUT2D eigenvalue weighted by molar-refractivity contribution is 6.35. The van der Waals surface area contributed by atoms with E-state index < -0.39 is 5.54 Å². The number of pyridine rings is 1. The molecule has 0 saturated heterocycles. The number of amides is 2. The lowest BCUT2D eigenvalue weighted by Gasteiger charge is -2.20. The maximum Gasteiger partial charge on any atom is 0.270 e. The van der Waals surface area contributed by atoms with Crippen LogP contribution in [-0.4, -0.2) is 22.3 Å². The minimum atomic E-state index is -0.394. The summed E-state index contributed by atoms with van der Waals surface area (Å²) < 4.78 is 0. The van der Waals surface area contributed by atoms with E-state index in [9.17, 15) is 9.59 Å². The summed E-state index contributed by atoms with van der Waals surface area (Å²) in [5, 5.41) is 6.31. The Kier molecular flexibility index (Phi) is 5.47. The number of hydrogen-bond acceptors (Lipinski definition) is 3. The molecule has 0 aliphatic rings. The van der Waals surface area contributed by atoms with E-state index in [-0.39, 0.29) is 17.5 Å². The van der Waals surface area contributed by atoms with Crippen molar-refractivity contribution in [3.63, 3.8) is 0 Å². The summed E-state index contributed by atoms with van der Waals surface area (Å²) in [6, 6.07) is 7.69. The zero-order valence-corrected chi connectivity index (χ0v) is 15.0. The van der Waals surface area contributed by atoms with E-state index in [1.807, 2.05) is 20.8 Å². The van der Waals surface area contributed by atoms with Crippen LogP contribution in [-0.2, 0) is 0 Å². The number of aromatic nitrogens is 1. The van der Waals surface area contributed by atoms with Crippen molar-refractivity contribution in [2.75, 3.05) is 5.32 Å². The minimum Gasteiger partial charge on any atom is -0.346 e. The Hall–Kier alpha value is -2.11. The van der Waals surface area contributed by atoms with Crippen molar-refractivity contribution < 1.29 is 9.59 Å². The Bertz CT molecular complexity index is 765. The molecule has 1 aromatic heterocycles. The van der Waals surface area contributed by atoms with Gasteiger partial charge in [0.25, 0.3) is 11.8 Å². The van der Waals surface area contributed by atoms with Gasteiger partial charge >= 0.3 is 0 Å². The lowest BCUT2D eigenvalue weighted by molar-refractivity contribution is 0.0914. The number of rotatable bonds is 3. The quantitative estimate of drug-likeness (QED) is 0.857. The predicted octanol–water partition coefficient (Wildman–Crippen LogP) is 4.17. The molecule has 0 radical (unpaired) electrons. The van der Waals surface area contributed by atoms with Gasteiger partial charge in [0.15, 0.2) is 0 Å². The number of nitrogens with zero attached hydrogens (tertiary/aromatic N) is 1. The molecular formula is C17H17Cl2N3O2. The molecule has 0 fully saturated rings. The van der Waals surface area contributed by atoms with Gasteiger partial charge in [-0.05, 0) is 51.1 Å². The Labute approximate surface area is 150 Å². The molecule has 0 aliphatic carbocycles. The normalized spacial score (nSPS) is 11.0. The van der Waals surface area contributed by atoms with E-state index in [2.05, 4.69) is 15.6 Å². The molecule has 126 valence electrons. The second-order valence-electron chi connectivity index (χ2n) is 6.25. The van der Waals surface area contributed by atoms with Crippen molar-refractivity contribution in [2.24, 2.45) is 0 Å². The van der Waals surface area contributed by atoms with Crippen LogP contribution in [0.3, 0.4) is 0 Å². The van der Waals surface area contributed by atoms with E-state index in [1.165, 1.54) is 18.3 Å². The van der Waals surface area contributed by atoms with Gasteiger partial charge in [0.1, 0.15) is 5.69 Å². The van der Waals surface area contributed by atoms with Gasteiger partial charge in [-0.25, -0.2) is 0 Å². The van der Waals surface area contributed by atoms with Crippen LogP contribution in [0.1, 0.15) is 41.6 Å². The molecule has 0 aliphatic heterocycles. The number of benzene rings is 1. The average molecular weight is 366 g/mol. The monoisotopic (exact) mass is 365 g/mol. The van der Waals surface area contributed by atoms with Crippen LogP contribution in [0, 0.1) is 0 Å². The number of nitrogens with one attached hydrogen (secondary N) is 2. The maximum absolute atomic E-state index is 12.3. The van der Waals surface area contributed by atoms with Gasteiger partial charge in [-0.1, -0.05) is 23.2 Å². The topological polar surface area (TPSA) is 71.1 Å². The molecule has 2 N–H and O–H groups in total. The summed E-state index contributed by atoms with van der Waals surface area (Å²) in [5.74, 6) is -0.733. The maximum atomic E-state index is 12.3. The van der Waals surface area contributed by atoms with E-state index in [1.54, 1.807) is 18.2 Å². The highest BCUT2D eigenvalue weighted by atomic mass is 35.5. The molecule has 1 heterocycles. The third-order valence-electron chi connectivity index (χ3n) is 2.86. The lowest BCUT2D eigenvalue weighted by Crippen LogP contribution is -2.41. The molecule has 24 heavy (non-hydrogen) atoms. The first-order valence-electron chi connectivity index (χ1n) is 7.20. The third-order valence-corrected chi connectivity index (χ3v) is 3.30. The number of hydrogen-bond donors (Lipinski definition) is 2. The molecule has 2 aromatic rings. The van der Waals surface area contributed by atoms with Crippen molar-refractivity contribution in [3.8, 4) is 0 Å². The van der Waals surface area contributed by atoms with E-state index in [4.69, 9.17) is 23.2 Å². The van der Waals surface area contributed by atoms with Gasteiger partial charge in [-0.15, -0.1) is 0 Å². The minimum absolute atomic E-state index is 0.168. The van der Waals surface area contributed by atoms with Gasteiger partial charge in [0, 0.05) is 33.0 Å². The molecule has 2 amide bonds. The molecule has 0 saturated carbocycles. The van der Waals surface area contributed by atoms with Crippen molar-refractivity contribution in [1.29, 1.82) is 0 Å². The third kappa shape index (κ3) is 5.22. The van der Waals surface area contributed by atoms with Gasteiger partial charge in [-0.3, -0.25) is 14.6 Å². The van der Waals surface area contributed by atoms with E-state index in [0.29, 0.717) is 21.3 Å². The fraction of sp³-hybridized carbons (Fsp3) is 0.235. The van der Waals surface area contributed by atoms with Crippen molar-refractivity contribution in [2.45, 2.75) is 26.3 Å². The predicted molar refractivity (Wildman–Crippen MR) is 95.9 cm³/mol. The molecule has 0 atom stereocenters. The first kappa shape index (κ1) is 18.2. The summed E-state index contributed by atoms with van der Waals surface area (Å²) in [4.78, 5) is 28.5. The number of halogens is 2. The molecule has 1 aromatic carbocycles. The standard InChI is InChI=1S/C17H17Cl2N3O2/c1-17(2,3)22-16(24)14-6-10(4-5-20-14)15(23)21-13-8-11(18)7-12(19)9-13/h4-9H,1-3H3,(H,21,23)(H,22,24). The Morgan fingerprint density at radius 2 is 1.62 bits per heavy atom. The van der Waals surface area contributed by atoms with E-state index >= 15 is 0 Å². The van der Waals surface area contributed by atoms with E-state index in [0.717, 1.165) is 0 Å². The number of anilines is 1. The highest BCUT2D eigenvalue weighted by Gasteiger charge is 2.17. The zero-order valence-electron chi connectivity index (χ0n) is 13.5. The first-order valence-corrected chi connectivity index (χ1v) is 7.96. The Morgan fingerprint density at radius 3 is 2.21 bits per heavy atom. The number of carbonyl (C=O) groups is 2. The van der Waals surface area contributed by atoms with Crippen LogP contribution in [0.5, 0.6) is 0 Å². The highest BCUT2D eigenvalue weighted by Crippen LogP contribution is 2.23. The second-order valence-corrected chi connectivity index (χ2v) is 7.12. The molecule has 0 bridgehead atoms. The molecule has 2 rings (SSSR count). The second kappa shape index (κ2) is 7.20. The Balaban J connectivity index is 2.18. The molecule has 0 unspecified atom stereocenters. The SMILES string of the molecule is CC(C)(C)NC(=O)c1cc(C(=O)Nc2cc(Cl)cc(Cl)c2)ccn1. The fourth-order valence-electron chi connectivity index (χ4n) is 1.93.